The van der Waals surface area contributed by atoms with Gasteiger partial charge in [-0.3, -0.25) is 14.6 Å². The van der Waals surface area contributed by atoms with Gasteiger partial charge in [-0.25, -0.2) is 11.0 Å². The molecule has 0 aliphatic heterocycles. The molecular formula is C13H12FN3O2. The summed E-state index contributed by atoms with van der Waals surface area (Å²) in [5.74, 6) is -1.29. The van der Waals surface area contributed by atoms with Gasteiger partial charge in [0.15, 0.2) is 11.5 Å². The highest BCUT2D eigenvalue weighted by Crippen LogP contribution is 2.30. The second-order valence-corrected chi connectivity index (χ2v) is 3.95. The van der Waals surface area contributed by atoms with E-state index < -0.39 is 23.2 Å². The van der Waals surface area contributed by atoms with Gasteiger partial charge in [-0.05, 0) is 26.0 Å². The molecule has 1 heterocycles. The van der Waals surface area contributed by atoms with Gasteiger partial charge >= 0.3 is 12.0 Å². The van der Waals surface area contributed by atoms with Crippen LogP contribution in [0.1, 0.15) is 19.5 Å². The summed E-state index contributed by atoms with van der Waals surface area (Å²) < 4.78 is 17.8. The fourth-order valence-corrected chi connectivity index (χ4v) is 1.61. The molecule has 0 fully saturated rings. The maximum Gasteiger partial charge on any atom is 0.328 e. The average Bonchev–Trinajstić information content (AvgIpc) is 2.40. The lowest BCUT2D eigenvalue weighted by Crippen LogP contribution is -2.44. The Balaban J connectivity index is 3.35. The molecule has 6 heteroatoms. The maximum absolute atomic E-state index is 12.9. The van der Waals surface area contributed by atoms with Crippen molar-refractivity contribution in [1.29, 1.82) is 5.26 Å². The molecule has 2 unspecified atom stereocenters. The Bertz CT molecular complexity index is 530. The van der Waals surface area contributed by atoms with Gasteiger partial charge in [0.1, 0.15) is 5.82 Å². The van der Waals surface area contributed by atoms with Crippen LogP contribution in [0, 0.1) is 23.7 Å². The highest BCUT2D eigenvalue weighted by atomic mass is 19.1. The summed E-state index contributed by atoms with van der Waals surface area (Å²) in [4.78, 5) is 19.0. The first-order valence-corrected chi connectivity index (χ1v) is 5.56. The number of nitriles is 1. The Morgan fingerprint density at radius 2 is 2.42 bits per heavy atom. The number of hydrogen-bond acceptors (Lipinski definition) is 4. The zero-order valence-corrected chi connectivity index (χ0v) is 10.6. The van der Waals surface area contributed by atoms with Crippen molar-refractivity contribution in [2.45, 2.75) is 25.3 Å². The second-order valence-electron chi connectivity index (χ2n) is 3.95. The minimum Gasteiger partial charge on any atom is -0.465 e. The number of halogens is 1. The first-order chi connectivity index (χ1) is 9.00. The molecule has 0 saturated heterocycles. The number of aromatic nitrogens is 1. The molecule has 0 bridgehead atoms. The molecule has 1 rings (SSSR count). The Morgan fingerprint density at radius 1 is 1.74 bits per heavy atom. The molecule has 0 amide bonds. The van der Waals surface area contributed by atoms with Crippen LogP contribution in [0.4, 0.5) is 4.39 Å². The lowest BCUT2D eigenvalue weighted by Gasteiger charge is -2.24. The third kappa shape index (κ3) is 2.69. The smallest absolute Gasteiger partial charge is 0.328 e. The fourth-order valence-electron chi connectivity index (χ4n) is 1.61. The maximum atomic E-state index is 12.9. The van der Waals surface area contributed by atoms with Crippen LogP contribution >= 0.6 is 0 Å². The van der Waals surface area contributed by atoms with Crippen molar-refractivity contribution in [3.05, 3.63) is 41.3 Å². The van der Waals surface area contributed by atoms with E-state index in [4.69, 9.17) is 16.6 Å². The van der Waals surface area contributed by atoms with E-state index in [2.05, 4.69) is 9.83 Å². The molecular weight excluding hydrogens is 249 g/mol. The zero-order chi connectivity index (χ0) is 14.5. The molecule has 0 spiro atoms. The topological polar surface area (TPSA) is 67.3 Å². The van der Waals surface area contributed by atoms with Crippen LogP contribution in [-0.2, 0) is 14.9 Å². The van der Waals surface area contributed by atoms with Gasteiger partial charge in [0.2, 0.25) is 0 Å². The first-order valence-electron chi connectivity index (χ1n) is 5.56. The molecule has 2 atom stereocenters. The average molecular weight is 261 g/mol. The summed E-state index contributed by atoms with van der Waals surface area (Å²) in [5, 5.41) is 9.02. The molecule has 0 N–H and O–H groups in total. The predicted molar refractivity (Wildman–Crippen MR) is 64.2 cm³/mol. The molecule has 1 aromatic heterocycles. The van der Waals surface area contributed by atoms with E-state index in [0.717, 1.165) is 12.3 Å². The van der Waals surface area contributed by atoms with Crippen LogP contribution in [0.15, 0.2) is 18.3 Å². The Kier molecular flexibility index (Phi) is 4.55. The lowest BCUT2D eigenvalue weighted by molar-refractivity contribution is -0.149. The monoisotopic (exact) mass is 261 g/mol. The predicted octanol–water partition coefficient (Wildman–Crippen LogP) is 1.85. The number of rotatable bonds is 4. The van der Waals surface area contributed by atoms with Crippen molar-refractivity contribution < 1.29 is 13.9 Å². The summed E-state index contributed by atoms with van der Waals surface area (Å²) in [6.45, 7) is 10.2. The van der Waals surface area contributed by atoms with E-state index in [1.54, 1.807) is 13.0 Å². The number of nitrogens with zero attached hydrogens (tertiary/aromatic N) is 3. The van der Waals surface area contributed by atoms with Gasteiger partial charge in [-0.1, -0.05) is 0 Å². The molecule has 0 aromatic carbocycles. The summed E-state index contributed by atoms with van der Waals surface area (Å²) in [6, 6.07) is 2.87. The van der Waals surface area contributed by atoms with Crippen LogP contribution in [0.2, 0.25) is 0 Å². The van der Waals surface area contributed by atoms with Gasteiger partial charge < -0.3 is 4.74 Å². The highest BCUT2D eigenvalue weighted by molar-refractivity contribution is 5.84. The molecule has 0 aliphatic carbocycles. The van der Waals surface area contributed by atoms with Crippen molar-refractivity contribution in [2.24, 2.45) is 0 Å². The molecule has 98 valence electrons. The van der Waals surface area contributed by atoms with Crippen molar-refractivity contribution >= 4 is 5.97 Å². The van der Waals surface area contributed by atoms with Gasteiger partial charge in [-0.2, -0.15) is 5.26 Å². The number of esters is 1. The highest BCUT2D eigenvalue weighted by Gasteiger charge is 2.51. The number of hydrogen-bond donors (Lipinski definition) is 0. The third-order valence-electron chi connectivity index (χ3n) is 2.76. The molecule has 0 aliphatic rings. The van der Waals surface area contributed by atoms with Crippen molar-refractivity contribution in [2.75, 3.05) is 6.61 Å². The minimum absolute atomic E-state index is 0.117. The van der Waals surface area contributed by atoms with Crippen LogP contribution in [0.5, 0.6) is 0 Å². The number of ether oxygens (including phenoxy) is 1. The minimum atomic E-state index is -1.54. The van der Waals surface area contributed by atoms with E-state index in [0.29, 0.717) is 0 Å². The number of carbonyl (C=O) groups excluding carboxylic acids is 1. The normalized spacial score (nSPS) is 14.6. The second kappa shape index (κ2) is 5.92. The summed E-state index contributed by atoms with van der Waals surface area (Å²) in [7, 11) is 0. The van der Waals surface area contributed by atoms with Crippen molar-refractivity contribution in [3.8, 4) is 6.07 Å². The van der Waals surface area contributed by atoms with Crippen LogP contribution in [-0.4, -0.2) is 23.6 Å². The van der Waals surface area contributed by atoms with E-state index in [9.17, 15) is 9.18 Å². The van der Waals surface area contributed by atoms with Gasteiger partial charge in [0.05, 0.1) is 18.5 Å². The molecule has 1 aromatic rings. The van der Waals surface area contributed by atoms with E-state index in [1.165, 1.54) is 13.0 Å². The summed E-state index contributed by atoms with van der Waals surface area (Å²) >= 11 is 0. The van der Waals surface area contributed by atoms with E-state index in [1.807, 2.05) is 0 Å². The third-order valence-corrected chi connectivity index (χ3v) is 2.76. The van der Waals surface area contributed by atoms with Gasteiger partial charge in [0.25, 0.3) is 0 Å². The van der Waals surface area contributed by atoms with Crippen molar-refractivity contribution in [1.82, 2.24) is 4.98 Å². The Hall–Kier alpha value is -2.47. The van der Waals surface area contributed by atoms with Crippen molar-refractivity contribution in [3.63, 3.8) is 0 Å². The van der Waals surface area contributed by atoms with Crippen LogP contribution in [0.3, 0.4) is 0 Å². The van der Waals surface area contributed by atoms with Gasteiger partial charge in [0, 0.05) is 0 Å². The first kappa shape index (κ1) is 14.6. The summed E-state index contributed by atoms with van der Waals surface area (Å²) in [6.07, 6.45) is 0.936. The molecule has 5 nitrogen and oxygen atoms in total. The largest absolute Gasteiger partial charge is 0.465 e. The number of carbonyl (C=O) groups is 1. The van der Waals surface area contributed by atoms with Crippen LogP contribution in [0.25, 0.3) is 4.85 Å². The lowest BCUT2D eigenvalue weighted by atomic mass is 9.79. The van der Waals surface area contributed by atoms with Crippen LogP contribution < -0.4 is 0 Å². The van der Waals surface area contributed by atoms with E-state index >= 15 is 0 Å². The fraction of sp³-hybridized carbons (Fsp3) is 0.385. The summed E-state index contributed by atoms with van der Waals surface area (Å²) in [5.41, 5.74) is -1.41. The molecule has 0 saturated carbocycles. The SMILES string of the molecule is [C-]#[N+]C(C#N)C(C)(C(=O)OCC)c1ccc(F)cn1. The number of pyridine rings is 1. The Morgan fingerprint density at radius 3 is 2.84 bits per heavy atom. The molecule has 19 heavy (non-hydrogen) atoms. The quantitative estimate of drug-likeness (QED) is 0.612. The van der Waals surface area contributed by atoms with E-state index in [-0.39, 0.29) is 12.3 Å². The van der Waals surface area contributed by atoms with Gasteiger partial charge in [-0.15, -0.1) is 0 Å². The standard InChI is InChI=1S/C13H12FN3O2/c1-4-19-12(18)13(2,11(7-15)16-3)10-6-5-9(14)8-17-10/h5-6,8,11H,4H2,1-2H3. The zero-order valence-electron chi connectivity index (χ0n) is 10.6. The molecule has 0 radical (unpaired) electrons. The Labute approximate surface area is 110 Å².